The van der Waals surface area contributed by atoms with Crippen molar-refractivity contribution in [2.75, 3.05) is 26.7 Å². The number of unbranched alkanes of at least 4 members (excludes halogenated alkanes) is 1. The first-order chi connectivity index (χ1) is 6.24. The predicted octanol–water partition coefficient (Wildman–Crippen LogP) is 1.67. The number of esters is 1. The standard InChI is InChI=1S/C10H21NO2/c1-4-6-8-11(5-2)9-7-10(12)13-3/h4-9H2,1-3H3. The van der Waals surface area contributed by atoms with E-state index in [1.165, 1.54) is 20.0 Å². The van der Waals surface area contributed by atoms with Gasteiger partial charge in [0.25, 0.3) is 0 Å². The molecule has 0 aromatic heterocycles. The Morgan fingerprint density at radius 1 is 1.31 bits per heavy atom. The molecule has 78 valence electrons. The molecule has 0 aliphatic heterocycles. The molecular formula is C10H21NO2. The van der Waals surface area contributed by atoms with Gasteiger partial charge in [-0.1, -0.05) is 20.3 Å². The first-order valence-corrected chi connectivity index (χ1v) is 5.03. The molecule has 0 aliphatic rings. The summed E-state index contributed by atoms with van der Waals surface area (Å²) in [6.45, 7) is 7.21. The van der Waals surface area contributed by atoms with Crippen LogP contribution in [0.3, 0.4) is 0 Å². The molecule has 0 amide bonds. The molecular weight excluding hydrogens is 166 g/mol. The van der Waals surface area contributed by atoms with Crippen LogP contribution in [0.1, 0.15) is 33.1 Å². The van der Waals surface area contributed by atoms with E-state index in [0.717, 1.165) is 19.6 Å². The topological polar surface area (TPSA) is 29.5 Å². The molecule has 0 bridgehead atoms. The van der Waals surface area contributed by atoms with E-state index < -0.39 is 0 Å². The normalized spacial score (nSPS) is 10.5. The maximum atomic E-state index is 10.9. The van der Waals surface area contributed by atoms with E-state index >= 15 is 0 Å². The highest BCUT2D eigenvalue weighted by atomic mass is 16.5. The third-order valence-electron chi connectivity index (χ3n) is 2.13. The minimum Gasteiger partial charge on any atom is -0.469 e. The predicted molar refractivity (Wildman–Crippen MR) is 53.7 cm³/mol. The van der Waals surface area contributed by atoms with Crippen molar-refractivity contribution in [2.24, 2.45) is 0 Å². The van der Waals surface area contributed by atoms with Crippen LogP contribution in [-0.4, -0.2) is 37.6 Å². The third-order valence-corrected chi connectivity index (χ3v) is 2.13. The maximum absolute atomic E-state index is 10.9. The third kappa shape index (κ3) is 6.58. The molecule has 0 heterocycles. The van der Waals surface area contributed by atoms with Gasteiger partial charge in [0, 0.05) is 6.54 Å². The monoisotopic (exact) mass is 187 g/mol. The van der Waals surface area contributed by atoms with Crippen LogP contribution in [0.25, 0.3) is 0 Å². The van der Waals surface area contributed by atoms with Gasteiger partial charge in [0.1, 0.15) is 0 Å². The highest BCUT2D eigenvalue weighted by molar-refractivity contribution is 5.69. The molecule has 0 atom stereocenters. The molecule has 0 rings (SSSR count). The molecule has 0 spiro atoms. The average Bonchev–Trinajstić information content (AvgIpc) is 2.17. The van der Waals surface area contributed by atoms with E-state index in [1.807, 2.05) is 0 Å². The summed E-state index contributed by atoms with van der Waals surface area (Å²) in [5, 5.41) is 0. The summed E-state index contributed by atoms with van der Waals surface area (Å²) in [5.74, 6) is -0.116. The Hall–Kier alpha value is -0.570. The number of rotatable bonds is 7. The van der Waals surface area contributed by atoms with Crippen LogP contribution < -0.4 is 0 Å². The van der Waals surface area contributed by atoms with Gasteiger partial charge in [-0.05, 0) is 19.5 Å². The zero-order valence-corrected chi connectivity index (χ0v) is 9.01. The van der Waals surface area contributed by atoms with Crippen molar-refractivity contribution in [3.63, 3.8) is 0 Å². The van der Waals surface area contributed by atoms with Crippen LogP contribution in [0.4, 0.5) is 0 Å². The minimum absolute atomic E-state index is 0.116. The quantitative estimate of drug-likeness (QED) is 0.568. The van der Waals surface area contributed by atoms with Gasteiger partial charge in [-0.2, -0.15) is 0 Å². The van der Waals surface area contributed by atoms with Crippen molar-refractivity contribution in [3.05, 3.63) is 0 Å². The molecule has 0 radical (unpaired) electrons. The molecule has 3 heteroatoms. The Bertz CT molecular complexity index is 137. The fraction of sp³-hybridized carbons (Fsp3) is 0.900. The van der Waals surface area contributed by atoms with E-state index in [1.54, 1.807) is 0 Å². The summed E-state index contributed by atoms with van der Waals surface area (Å²) < 4.78 is 4.58. The van der Waals surface area contributed by atoms with Crippen molar-refractivity contribution < 1.29 is 9.53 Å². The number of carbonyl (C=O) groups is 1. The van der Waals surface area contributed by atoms with Gasteiger partial charge in [-0.25, -0.2) is 0 Å². The van der Waals surface area contributed by atoms with Gasteiger partial charge in [-0.15, -0.1) is 0 Å². The van der Waals surface area contributed by atoms with E-state index in [4.69, 9.17) is 0 Å². The van der Waals surface area contributed by atoms with Crippen molar-refractivity contribution in [1.29, 1.82) is 0 Å². The Morgan fingerprint density at radius 2 is 2.00 bits per heavy atom. The highest BCUT2D eigenvalue weighted by Gasteiger charge is 2.05. The lowest BCUT2D eigenvalue weighted by Gasteiger charge is -2.18. The summed E-state index contributed by atoms with van der Waals surface area (Å²) in [6, 6.07) is 0. The second-order valence-corrected chi connectivity index (χ2v) is 3.11. The first-order valence-electron chi connectivity index (χ1n) is 5.03. The average molecular weight is 187 g/mol. The van der Waals surface area contributed by atoms with Gasteiger partial charge in [0.2, 0.25) is 0 Å². The maximum Gasteiger partial charge on any atom is 0.306 e. The number of nitrogens with zero attached hydrogens (tertiary/aromatic N) is 1. The largest absolute Gasteiger partial charge is 0.469 e. The molecule has 0 aliphatic carbocycles. The summed E-state index contributed by atoms with van der Waals surface area (Å²) >= 11 is 0. The van der Waals surface area contributed by atoms with Crippen molar-refractivity contribution >= 4 is 5.97 Å². The van der Waals surface area contributed by atoms with E-state index in [9.17, 15) is 4.79 Å². The molecule has 0 N–H and O–H groups in total. The lowest BCUT2D eigenvalue weighted by molar-refractivity contribution is -0.140. The second-order valence-electron chi connectivity index (χ2n) is 3.11. The number of carbonyl (C=O) groups excluding carboxylic acids is 1. The fourth-order valence-corrected chi connectivity index (χ4v) is 1.16. The molecule has 0 saturated carbocycles. The van der Waals surface area contributed by atoms with E-state index in [-0.39, 0.29) is 5.97 Å². The Labute approximate surface area is 81.1 Å². The van der Waals surface area contributed by atoms with Gasteiger partial charge in [0.15, 0.2) is 0 Å². The van der Waals surface area contributed by atoms with Gasteiger partial charge in [-0.3, -0.25) is 4.79 Å². The lowest BCUT2D eigenvalue weighted by Crippen LogP contribution is -2.27. The van der Waals surface area contributed by atoms with Crippen LogP contribution in [0.2, 0.25) is 0 Å². The molecule has 0 unspecified atom stereocenters. The van der Waals surface area contributed by atoms with Gasteiger partial charge < -0.3 is 9.64 Å². The van der Waals surface area contributed by atoms with Crippen LogP contribution in [0.15, 0.2) is 0 Å². The molecule has 3 nitrogen and oxygen atoms in total. The number of methoxy groups -OCH3 is 1. The van der Waals surface area contributed by atoms with Gasteiger partial charge >= 0.3 is 5.97 Å². The zero-order valence-electron chi connectivity index (χ0n) is 9.01. The summed E-state index contributed by atoms with van der Waals surface area (Å²) in [7, 11) is 1.44. The number of ether oxygens (including phenoxy) is 1. The Balaban J connectivity index is 3.52. The molecule has 13 heavy (non-hydrogen) atoms. The highest BCUT2D eigenvalue weighted by Crippen LogP contribution is 1.97. The smallest absolute Gasteiger partial charge is 0.306 e. The summed E-state index contributed by atoms with van der Waals surface area (Å²) in [6.07, 6.45) is 2.91. The molecule has 0 fully saturated rings. The van der Waals surface area contributed by atoms with Gasteiger partial charge in [0.05, 0.1) is 13.5 Å². The Morgan fingerprint density at radius 3 is 2.46 bits per heavy atom. The summed E-state index contributed by atoms with van der Waals surface area (Å²) in [5.41, 5.74) is 0. The first kappa shape index (κ1) is 12.4. The van der Waals surface area contributed by atoms with Crippen LogP contribution in [0, 0.1) is 0 Å². The second kappa shape index (κ2) is 8.05. The van der Waals surface area contributed by atoms with E-state index in [2.05, 4.69) is 23.5 Å². The van der Waals surface area contributed by atoms with Crippen LogP contribution >= 0.6 is 0 Å². The fourth-order valence-electron chi connectivity index (χ4n) is 1.16. The number of hydrogen-bond acceptors (Lipinski definition) is 3. The van der Waals surface area contributed by atoms with Crippen LogP contribution in [-0.2, 0) is 9.53 Å². The molecule has 0 aromatic rings. The van der Waals surface area contributed by atoms with E-state index in [0.29, 0.717) is 6.42 Å². The van der Waals surface area contributed by atoms with Crippen LogP contribution in [0.5, 0.6) is 0 Å². The number of hydrogen-bond donors (Lipinski definition) is 0. The zero-order chi connectivity index (χ0) is 10.1. The lowest BCUT2D eigenvalue weighted by atomic mass is 10.3. The SMILES string of the molecule is CCCCN(CC)CCC(=O)OC. The summed E-state index contributed by atoms with van der Waals surface area (Å²) in [4.78, 5) is 13.1. The molecule has 0 saturated heterocycles. The van der Waals surface area contributed by atoms with Crippen molar-refractivity contribution in [1.82, 2.24) is 4.90 Å². The van der Waals surface area contributed by atoms with Crippen molar-refractivity contribution in [3.8, 4) is 0 Å². The molecule has 0 aromatic carbocycles. The van der Waals surface area contributed by atoms with Crippen molar-refractivity contribution in [2.45, 2.75) is 33.1 Å². The minimum atomic E-state index is -0.116. The Kier molecular flexibility index (Phi) is 7.69.